The van der Waals surface area contributed by atoms with Crippen molar-refractivity contribution in [3.8, 4) is 23.1 Å². The van der Waals surface area contributed by atoms with Gasteiger partial charge in [0.15, 0.2) is 5.82 Å². The molecule has 0 radical (unpaired) electrons. The second-order valence-electron chi connectivity index (χ2n) is 15.9. The summed E-state index contributed by atoms with van der Waals surface area (Å²) in [6, 6.07) is 16.1. The fraction of sp³-hybridized carbons (Fsp3) is 0.429. The molecule has 4 bridgehead atoms. The van der Waals surface area contributed by atoms with Crippen molar-refractivity contribution in [2.24, 2.45) is 17.8 Å². The van der Waals surface area contributed by atoms with Crippen molar-refractivity contribution >= 4 is 56.6 Å². The number of benzene rings is 2. The quantitative estimate of drug-likeness (QED) is 0.170. The van der Waals surface area contributed by atoms with Gasteiger partial charge in [-0.3, -0.25) is 4.79 Å². The van der Waals surface area contributed by atoms with Gasteiger partial charge in [0.1, 0.15) is 5.52 Å². The molecule has 4 saturated heterocycles. The molecule has 6 atom stereocenters. The Labute approximate surface area is 323 Å². The zero-order chi connectivity index (χ0) is 37.0. The lowest BCUT2D eigenvalue weighted by molar-refractivity contribution is -0.135. The van der Waals surface area contributed by atoms with Gasteiger partial charge < -0.3 is 24.4 Å². The maximum absolute atomic E-state index is 17.3. The van der Waals surface area contributed by atoms with Crippen molar-refractivity contribution < 1.29 is 13.9 Å². The van der Waals surface area contributed by atoms with Crippen molar-refractivity contribution in [1.29, 1.82) is 5.26 Å². The largest absolute Gasteiger partial charge is 0.481 e. The molecule has 1 amide bonds. The van der Waals surface area contributed by atoms with E-state index in [0.717, 1.165) is 73.3 Å². The number of aryl methyl sites for hydroxylation is 2. The summed E-state index contributed by atoms with van der Waals surface area (Å²) in [5.74, 6) is 1.02. The molecule has 6 fully saturated rings. The van der Waals surface area contributed by atoms with Crippen LogP contribution >= 0.6 is 23.2 Å². The number of hydrogen-bond donors (Lipinski definition) is 1. The van der Waals surface area contributed by atoms with Crippen LogP contribution in [0.4, 0.5) is 10.1 Å². The molecule has 6 aliphatic rings. The maximum atomic E-state index is 17.3. The van der Waals surface area contributed by atoms with E-state index in [-0.39, 0.29) is 58.9 Å². The normalized spacial score (nSPS) is 25.7. The summed E-state index contributed by atoms with van der Waals surface area (Å²) in [4.78, 5) is 28.4. The minimum atomic E-state index is -0.468. The molecule has 0 spiro atoms. The van der Waals surface area contributed by atoms with Crippen molar-refractivity contribution in [2.45, 2.75) is 69.6 Å². The van der Waals surface area contributed by atoms with Gasteiger partial charge in [0.2, 0.25) is 11.8 Å². The summed E-state index contributed by atoms with van der Waals surface area (Å²) in [5, 5.41) is 15.7. The molecule has 11 rings (SSSR count). The highest BCUT2D eigenvalue weighted by atomic mass is 35.5. The van der Waals surface area contributed by atoms with Crippen molar-refractivity contribution in [2.75, 3.05) is 31.6 Å². The molecule has 1 N–H and O–H groups in total. The molecule has 2 aromatic carbocycles. The molecular formula is C42H40Cl2FN7O2. The molecule has 9 nitrogen and oxygen atoms in total. The SMILES string of the molecule is COc1cc(N2CC3CC(C2)N(C(=O)C2CC2)C3c2cc3c(C)nc4c(F)c(-c5cccc(Cl)c5Cl)c(CCC#N)cc4c3n2C2C3CNC2C3)ccn1. The summed E-state index contributed by atoms with van der Waals surface area (Å²) in [6.45, 7) is 4.40. The minimum Gasteiger partial charge on any atom is -0.481 e. The van der Waals surface area contributed by atoms with Gasteiger partial charge in [0.25, 0.3) is 0 Å². The number of nitrogens with zero attached hydrogens (tertiary/aromatic N) is 6. The Morgan fingerprint density at radius 3 is 2.70 bits per heavy atom. The number of likely N-dealkylation sites (tertiary alicyclic amines) is 1. The summed E-state index contributed by atoms with van der Waals surface area (Å²) in [7, 11) is 1.63. The van der Waals surface area contributed by atoms with E-state index >= 15 is 4.39 Å². The molecular weight excluding hydrogens is 724 g/mol. The molecule has 2 aliphatic carbocycles. The third kappa shape index (κ3) is 5.15. The van der Waals surface area contributed by atoms with E-state index in [1.807, 2.05) is 25.1 Å². The van der Waals surface area contributed by atoms with Crippen LogP contribution in [0.25, 0.3) is 32.9 Å². The van der Waals surface area contributed by atoms with E-state index in [0.29, 0.717) is 45.3 Å². The molecule has 12 heteroatoms. The fourth-order valence-electron chi connectivity index (χ4n) is 10.2. The van der Waals surface area contributed by atoms with Crippen LogP contribution in [0.2, 0.25) is 10.0 Å². The van der Waals surface area contributed by atoms with Gasteiger partial charge in [-0.25, -0.2) is 14.4 Å². The van der Waals surface area contributed by atoms with E-state index in [9.17, 15) is 10.1 Å². The highest BCUT2D eigenvalue weighted by Crippen LogP contribution is 2.54. The van der Waals surface area contributed by atoms with Crippen LogP contribution in [0.1, 0.15) is 61.1 Å². The Balaban J connectivity index is 1.20. The molecule has 5 aromatic rings. The van der Waals surface area contributed by atoms with Crippen molar-refractivity contribution in [3.05, 3.63) is 81.5 Å². The van der Waals surface area contributed by atoms with Gasteiger partial charge in [-0.15, -0.1) is 0 Å². The van der Waals surface area contributed by atoms with Crippen molar-refractivity contribution in [1.82, 2.24) is 24.8 Å². The Morgan fingerprint density at radius 1 is 1.11 bits per heavy atom. The lowest BCUT2D eigenvalue weighted by Gasteiger charge is -2.40. The van der Waals surface area contributed by atoms with Crippen molar-refractivity contribution in [3.63, 3.8) is 0 Å². The third-order valence-corrected chi connectivity index (χ3v) is 13.6. The Hall–Kier alpha value is -4.43. The number of methoxy groups -OCH3 is 1. The number of aromatic nitrogens is 3. The number of nitriles is 1. The van der Waals surface area contributed by atoms with Crippen LogP contribution in [0, 0.1) is 41.8 Å². The number of rotatable bonds is 8. The number of nitrogens with one attached hydrogen (secondary N) is 1. The highest BCUT2D eigenvalue weighted by Gasteiger charge is 2.55. The first-order chi connectivity index (χ1) is 26.2. The van der Waals surface area contributed by atoms with E-state index in [4.69, 9.17) is 32.9 Å². The number of carbonyl (C=O) groups is 1. The van der Waals surface area contributed by atoms with Gasteiger partial charge in [0, 0.05) is 95.2 Å². The molecule has 4 aliphatic heterocycles. The average molecular weight is 765 g/mol. The number of fused-ring (bicyclic) bond motifs is 6. The smallest absolute Gasteiger partial charge is 0.226 e. The first-order valence-corrected chi connectivity index (χ1v) is 19.8. The predicted molar refractivity (Wildman–Crippen MR) is 207 cm³/mol. The Kier molecular flexibility index (Phi) is 8.10. The number of halogens is 3. The number of ether oxygens (including phenoxy) is 1. The van der Waals surface area contributed by atoms with E-state index in [1.165, 1.54) is 0 Å². The summed E-state index contributed by atoms with van der Waals surface area (Å²) < 4.78 is 25.3. The van der Waals surface area contributed by atoms with Crippen LogP contribution in [-0.2, 0) is 11.2 Å². The minimum absolute atomic E-state index is 0.0553. The topological polar surface area (TPSA) is 99.3 Å². The molecule has 7 heterocycles. The van der Waals surface area contributed by atoms with E-state index < -0.39 is 5.82 Å². The molecule has 54 heavy (non-hydrogen) atoms. The number of piperidine rings is 1. The first kappa shape index (κ1) is 34.1. The lowest BCUT2D eigenvalue weighted by Crippen LogP contribution is -2.45. The van der Waals surface area contributed by atoms with Crippen LogP contribution < -0.4 is 15.0 Å². The standard InChI is InChI=1S/C42H40Cl2FN7O2/c1-21-29-17-33(40-25-13-27(51(40)42(53)22-8-9-22)20-50(19-25)26-10-12-47-34(16-26)54-2)52(39-24-15-32(39)48-18-24)41(29)30-14-23(5-4-11-46)35(37(45)38(30)49-21)28-6-3-7-31(43)36(28)44/h3,6-7,10,12,14,16-17,22,24-25,27,32,39-40,48H,4-5,8-9,13,15,18-20H2,1-2H3. The van der Waals surface area contributed by atoms with Crippen LogP contribution in [0.5, 0.6) is 5.88 Å². The monoisotopic (exact) mass is 763 g/mol. The van der Waals surface area contributed by atoms with Gasteiger partial charge in [-0.2, -0.15) is 5.26 Å². The van der Waals surface area contributed by atoms with Gasteiger partial charge in [-0.05, 0) is 74.8 Å². The second kappa shape index (κ2) is 12.8. The first-order valence-electron chi connectivity index (χ1n) is 19.0. The Morgan fingerprint density at radius 2 is 1.96 bits per heavy atom. The molecule has 276 valence electrons. The van der Waals surface area contributed by atoms with E-state index in [2.05, 4.69) is 36.8 Å². The third-order valence-electron chi connectivity index (χ3n) is 12.8. The predicted octanol–water partition coefficient (Wildman–Crippen LogP) is 8.19. The van der Waals surface area contributed by atoms with Crippen LogP contribution in [0.15, 0.2) is 48.7 Å². The zero-order valence-corrected chi connectivity index (χ0v) is 31.7. The Bertz CT molecular complexity index is 2410. The molecule has 2 saturated carbocycles. The molecule has 3 aromatic heterocycles. The average Bonchev–Trinajstić information content (AvgIpc) is 3.46. The summed E-state index contributed by atoms with van der Waals surface area (Å²) in [6.07, 6.45) is 6.21. The number of amides is 1. The van der Waals surface area contributed by atoms with E-state index in [1.54, 1.807) is 31.5 Å². The number of carbonyl (C=O) groups excluding carboxylic acids is 1. The highest BCUT2D eigenvalue weighted by molar-refractivity contribution is 6.43. The summed E-state index contributed by atoms with van der Waals surface area (Å²) >= 11 is 13.2. The van der Waals surface area contributed by atoms with Crippen LogP contribution in [-0.4, -0.2) is 64.2 Å². The maximum Gasteiger partial charge on any atom is 0.226 e. The van der Waals surface area contributed by atoms with Gasteiger partial charge in [-0.1, -0.05) is 35.3 Å². The molecule has 6 unspecified atom stereocenters. The number of anilines is 1. The van der Waals surface area contributed by atoms with Gasteiger partial charge in [0.05, 0.1) is 46.9 Å². The number of pyridine rings is 2. The fourth-order valence-corrected chi connectivity index (χ4v) is 10.6. The van der Waals surface area contributed by atoms with Gasteiger partial charge >= 0.3 is 0 Å². The number of hydrogen-bond acceptors (Lipinski definition) is 7. The lowest BCUT2D eigenvalue weighted by atomic mass is 9.79. The zero-order valence-electron chi connectivity index (χ0n) is 30.2. The second-order valence-corrected chi connectivity index (χ2v) is 16.6. The summed E-state index contributed by atoms with van der Waals surface area (Å²) in [5.41, 5.74) is 5.61. The van der Waals surface area contributed by atoms with Crippen LogP contribution in [0.3, 0.4) is 0 Å².